The van der Waals surface area contributed by atoms with Crippen LogP contribution in [0.15, 0.2) is 46.2 Å². The zero-order chi connectivity index (χ0) is 20.4. The van der Waals surface area contributed by atoms with Crippen molar-refractivity contribution >= 4 is 40.2 Å². The fourth-order valence-corrected chi connectivity index (χ4v) is 5.49. The second-order valence-corrected chi connectivity index (χ2v) is 9.88. The van der Waals surface area contributed by atoms with Crippen LogP contribution in [0.3, 0.4) is 0 Å². The summed E-state index contributed by atoms with van der Waals surface area (Å²) in [6.45, 7) is 4.90. The van der Waals surface area contributed by atoms with Gasteiger partial charge in [-0.05, 0) is 42.8 Å². The topological polar surface area (TPSA) is 52.7 Å². The van der Waals surface area contributed by atoms with Gasteiger partial charge in [0.2, 0.25) is 0 Å². The van der Waals surface area contributed by atoms with Crippen molar-refractivity contribution in [3.63, 3.8) is 0 Å². The smallest absolute Gasteiger partial charge is 0.191 e. The first-order chi connectivity index (χ1) is 14.0. The van der Waals surface area contributed by atoms with E-state index in [1.165, 1.54) is 21.5 Å². The van der Waals surface area contributed by atoms with E-state index in [0.717, 1.165) is 40.9 Å². The molecule has 0 saturated heterocycles. The SMILES string of the molecule is Cc1cc(C(=O)CSc2nnc(Cc3cccs3)n2C)c(C)n1Cc1cccs1. The molecule has 0 amide bonds. The van der Waals surface area contributed by atoms with Gasteiger partial charge in [0.25, 0.3) is 0 Å². The zero-order valence-electron chi connectivity index (χ0n) is 16.6. The number of thioether (sulfide) groups is 1. The second kappa shape index (κ2) is 8.69. The number of Topliss-reactive ketones (excluding diaryl/α,β-unsaturated/α-hetero) is 1. The molecule has 0 atom stereocenters. The van der Waals surface area contributed by atoms with Crippen molar-refractivity contribution < 1.29 is 4.79 Å². The fraction of sp³-hybridized carbons (Fsp3) is 0.286. The number of aromatic nitrogens is 4. The van der Waals surface area contributed by atoms with Crippen LogP contribution in [-0.2, 0) is 20.0 Å². The van der Waals surface area contributed by atoms with Crippen molar-refractivity contribution in [3.05, 3.63) is 73.6 Å². The highest BCUT2D eigenvalue weighted by molar-refractivity contribution is 7.99. The van der Waals surface area contributed by atoms with Crippen LogP contribution < -0.4 is 0 Å². The lowest BCUT2D eigenvalue weighted by molar-refractivity contribution is 0.102. The maximum absolute atomic E-state index is 12.9. The Morgan fingerprint density at radius 1 is 1.10 bits per heavy atom. The van der Waals surface area contributed by atoms with E-state index in [9.17, 15) is 4.79 Å². The van der Waals surface area contributed by atoms with Gasteiger partial charge in [-0.3, -0.25) is 4.79 Å². The van der Waals surface area contributed by atoms with E-state index in [4.69, 9.17) is 0 Å². The van der Waals surface area contributed by atoms with Crippen molar-refractivity contribution in [2.75, 3.05) is 5.75 Å². The number of nitrogens with zero attached hydrogens (tertiary/aromatic N) is 4. The van der Waals surface area contributed by atoms with Crippen LogP contribution >= 0.6 is 34.4 Å². The normalized spacial score (nSPS) is 11.3. The molecular weight excluding hydrogens is 420 g/mol. The maximum atomic E-state index is 12.9. The van der Waals surface area contributed by atoms with Gasteiger partial charge < -0.3 is 9.13 Å². The largest absolute Gasteiger partial charge is 0.343 e. The van der Waals surface area contributed by atoms with Crippen molar-refractivity contribution in [1.29, 1.82) is 0 Å². The predicted molar refractivity (Wildman–Crippen MR) is 121 cm³/mol. The van der Waals surface area contributed by atoms with E-state index >= 15 is 0 Å². The van der Waals surface area contributed by atoms with Crippen LogP contribution in [0.4, 0.5) is 0 Å². The number of rotatable bonds is 8. The van der Waals surface area contributed by atoms with Crippen LogP contribution in [-0.4, -0.2) is 30.9 Å². The lowest BCUT2D eigenvalue weighted by atomic mass is 10.2. The van der Waals surface area contributed by atoms with Gasteiger partial charge >= 0.3 is 0 Å². The summed E-state index contributed by atoms with van der Waals surface area (Å²) in [6, 6.07) is 10.3. The highest BCUT2D eigenvalue weighted by Crippen LogP contribution is 2.23. The Hall–Kier alpha value is -2.16. The molecule has 8 heteroatoms. The molecule has 0 aliphatic rings. The van der Waals surface area contributed by atoms with Gasteiger partial charge in [-0.1, -0.05) is 23.9 Å². The Kier molecular flexibility index (Phi) is 6.03. The van der Waals surface area contributed by atoms with Crippen molar-refractivity contribution in [2.45, 2.75) is 32.0 Å². The molecule has 0 spiro atoms. The Labute approximate surface area is 182 Å². The molecule has 5 nitrogen and oxygen atoms in total. The summed E-state index contributed by atoms with van der Waals surface area (Å²) in [5, 5.41) is 13.5. The molecular formula is C21H22N4OS3. The number of ketones is 1. The highest BCUT2D eigenvalue weighted by Gasteiger charge is 2.18. The van der Waals surface area contributed by atoms with E-state index in [1.807, 2.05) is 30.7 Å². The Morgan fingerprint density at radius 2 is 1.83 bits per heavy atom. The summed E-state index contributed by atoms with van der Waals surface area (Å²) >= 11 is 4.90. The molecule has 0 aromatic carbocycles. The summed E-state index contributed by atoms with van der Waals surface area (Å²) < 4.78 is 4.20. The van der Waals surface area contributed by atoms with Crippen molar-refractivity contribution in [3.8, 4) is 0 Å². The maximum Gasteiger partial charge on any atom is 0.191 e. The Morgan fingerprint density at radius 3 is 2.52 bits per heavy atom. The third-order valence-corrected chi connectivity index (χ3v) is 7.70. The average molecular weight is 443 g/mol. The number of carbonyl (C=O) groups excluding carboxylic acids is 1. The molecule has 150 valence electrons. The zero-order valence-corrected chi connectivity index (χ0v) is 19.0. The molecule has 0 aliphatic carbocycles. The van der Waals surface area contributed by atoms with Gasteiger partial charge in [-0.2, -0.15) is 0 Å². The standard InChI is InChI=1S/C21H22N4OS3/c1-14-10-18(15(2)25(14)12-17-7-5-9-28-17)19(26)13-29-21-23-22-20(24(21)3)11-16-6-4-8-27-16/h4-10H,11-13H2,1-3H3. The molecule has 4 rings (SSSR count). The average Bonchev–Trinajstić information content (AvgIpc) is 3.49. The summed E-state index contributed by atoms with van der Waals surface area (Å²) in [4.78, 5) is 15.4. The summed E-state index contributed by atoms with van der Waals surface area (Å²) in [6.07, 6.45) is 0.763. The number of hydrogen-bond acceptors (Lipinski definition) is 6. The van der Waals surface area contributed by atoms with E-state index in [1.54, 1.807) is 22.7 Å². The first kappa shape index (κ1) is 20.1. The number of hydrogen-bond donors (Lipinski definition) is 0. The molecule has 0 bridgehead atoms. The Bertz CT molecular complexity index is 1110. The van der Waals surface area contributed by atoms with Gasteiger partial charge in [0.1, 0.15) is 5.82 Å². The second-order valence-electron chi connectivity index (χ2n) is 6.88. The molecule has 0 radical (unpaired) electrons. The Balaban J connectivity index is 1.43. The van der Waals surface area contributed by atoms with E-state index in [2.05, 4.69) is 50.6 Å². The molecule has 0 saturated carbocycles. The van der Waals surface area contributed by atoms with Gasteiger partial charge in [0, 0.05) is 40.2 Å². The highest BCUT2D eigenvalue weighted by atomic mass is 32.2. The number of carbonyl (C=O) groups is 1. The van der Waals surface area contributed by atoms with E-state index in [-0.39, 0.29) is 5.78 Å². The van der Waals surface area contributed by atoms with Crippen LogP contribution in [0.25, 0.3) is 0 Å². The van der Waals surface area contributed by atoms with Gasteiger partial charge in [0.05, 0.1) is 12.3 Å². The molecule has 4 aromatic heterocycles. The summed E-state index contributed by atoms with van der Waals surface area (Å²) in [5.74, 6) is 1.40. The van der Waals surface area contributed by atoms with Crippen molar-refractivity contribution in [2.24, 2.45) is 7.05 Å². The predicted octanol–water partition coefficient (Wildman–Crippen LogP) is 4.97. The summed E-state index contributed by atoms with van der Waals surface area (Å²) in [5.41, 5.74) is 2.94. The lowest BCUT2D eigenvalue weighted by Gasteiger charge is -2.08. The molecule has 4 heterocycles. The van der Waals surface area contributed by atoms with Gasteiger partial charge in [-0.15, -0.1) is 32.9 Å². The van der Waals surface area contributed by atoms with E-state index in [0.29, 0.717) is 5.75 Å². The molecule has 0 fully saturated rings. The number of aryl methyl sites for hydroxylation is 1. The van der Waals surface area contributed by atoms with Crippen LogP contribution in [0.1, 0.15) is 37.3 Å². The number of thiophene rings is 2. The van der Waals surface area contributed by atoms with Crippen LogP contribution in [0, 0.1) is 13.8 Å². The first-order valence-electron chi connectivity index (χ1n) is 9.28. The van der Waals surface area contributed by atoms with Crippen molar-refractivity contribution in [1.82, 2.24) is 19.3 Å². The molecule has 4 aromatic rings. The molecule has 0 unspecified atom stereocenters. The lowest BCUT2D eigenvalue weighted by Crippen LogP contribution is -2.08. The first-order valence-corrected chi connectivity index (χ1v) is 12.0. The van der Waals surface area contributed by atoms with Crippen LogP contribution in [0.5, 0.6) is 0 Å². The molecule has 0 N–H and O–H groups in total. The summed E-state index contributed by atoms with van der Waals surface area (Å²) in [7, 11) is 1.96. The molecule has 29 heavy (non-hydrogen) atoms. The third kappa shape index (κ3) is 4.39. The minimum atomic E-state index is 0.128. The fourth-order valence-electron chi connectivity index (χ4n) is 3.29. The minimum absolute atomic E-state index is 0.128. The van der Waals surface area contributed by atoms with E-state index < -0.39 is 0 Å². The van der Waals surface area contributed by atoms with Gasteiger partial charge in [0.15, 0.2) is 10.9 Å². The quantitative estimate of drug-likeness (QED) is 0.286. The van der Waals surface area contributed by atoms with Crippen LogP contribution in [0.2, 0.25) is 0 Å². The third-order valence-electron chi connectivity index (χ3n) is 4.94. The monoisotopic (exact) mass is 442 g/mol. The van der Waals surface area contributed by atoms with Gasteiger partial charge in [-0.25, -0.2) is 0 Å². The minimum Gasteiger partial charge on any atom is -0.343 e. The molecule has 0 aliphatic heterocycles.